The molecule has 0 aliphatic rings. The van der Waals surface area contributed by atoms with E-state index in [0.717, 1.165) is 22.9 Å². The van der Waals surface area contributed by atoms with Gasteiger partial charge < -0.3 is 5.32 Å². The van der Waals surface area contributed by atoms with Gasteiger partial charge in [-0.05, 0) is 55.0 Å². The number of benzene rings is 2. The van der Waals surface area contributed by atoms with Gasteiger partial charge in [-0.3, -0.25) is 14.3 Å². The van der Waals surface area contributed by atoms with E-state index in [0.29, 0.717) is 21.7 Å². The summed E-state index contributed by atoms with van der Waals surface area (Å²) >= 11 is 13.6. The highest BCUT2D eigenvalue weighted by molar-refractivity contribution is 7.99. The molecule has 0 unspecified atom stereocenters. The fraction of sp³-hybridized carbons (Fsp3) is 0.0909. The summed E-state index contributed by atoms with van der Waals surface area (Å²) < 4.78 is 15.1. The van der Waals surface area contributed by atoms with E-state index in [2.05, 4.69) is 20.5 Å². The maximum Gasteiger partial charge on any atom is 0.234 e. The number of hydrogen-bond acceptors (Lipinski definition) is 5. The van der Waals surface area contributed by atoms with Gasteiger partial charge in [0.2, 0.25) is 5.91 Å². The van der Waals surface area contributed by atoms with E-state index in [1.54, 1.807) is 12.4 Å². The van der Waals surface area contributed by atoms with Gasteiger partial charge in [-0.15, -0.1) is 10.2 Å². The molecule has 0 saturated carbocycles. The largest absolute Gasteiger partial charge is 0.324 e. The molecule has 0 radical (unpaired) electrons. The zero-order chi connectivity index (χ0) is 22.7. The molecule has 4 rings (SSSR count). The summed E-state index contributed by atoms with van der Waals surface area (Å²) in [5, 5.41) is 12.6. The van der Waals surface area contributed by atoms with Crippen molar-refractivity contribution in [3.63, 3.8) is 0 Å². The number of anilines is 1. The second-order valence-electron chi connectivity index (χ2n) is 6.72. The van der Waals surface area contributed by atoms with Crippen LogP contribution in [-0.2, 0) is 4.79 Å². The Kier molecular flexibility index (Phi) is 6.74. The molecule has 0 fully saturated rings. The van der Waals surface area contributed by atoms with Crippen LogP contribution in [-0.4, -0.2) is 31.4 Å². The first kappa shape index (κ1) is 22.3. The molecular formula is C22H16Cl2FN5OS. The van der Waals surface area contributed by atoms with E-state index in [4.69, 9.17) is 23.2 Å². The van der Waals surface area contributed by atoms with Gasteiger partial charge in [0.15, 0.2) is 11.0 Å². The first-order chi connectivity index (χ1) is 15.4. The molecule has 6 nitrogen and oxygen atoms in total. The quantitative estimate of drug-likeness (QED) is 0.347. The summed E-state index contributed by atoms with van der Waals surface area (Å²) in [6.45, 7) is 1.91. The highest BCUT2D eigenvalue weighted by Gasteiger charge is 2.19. The van der Waals surface area contributed by atoms with Gasteiger partial charge in [0, 0.05) is 23.0 Å². The molecule has 2 heterocycles. The first-order valence-electron chi connectivity index (χ1n) is 9.43. The van der Waals surface area contributed by atoms with Crippen molar-refractivity contribution in [2.24, 2.45) is 0 Å². The molecule has 0 spiro atoms. The van der Waals surface area contributed by atoms with E-state index in [1.807, 2.05) is 41.8 Å². The normalized spacial score (nSPS) is 10.9. The van der Waals surface area contributed by atoms with Gasteiger partial charge in [0.25, 0.3) is 0 Å². The Hall–Kier alpha value is -2.94. The number of aromatic nitrogens is 4. The van der Waals surface area contributed by atoms with Gasteiger partial charge in [0.1, 0.15) is 5.82 Å². The third-order valence-corrected chi connectivity index (χ3v) is 6.24. The Morgan fingerprint density at radius 3 is 2.62 bits per heavy atom. The van der Waals surface area contributed by atoms with Crippen LogP contribution in [0.1, 0.15) is 5.56 Å². The second-order valence-corrected chi connectivity index (χ2v) is 8.48. The Bertz CT molecular complexity index is 1280. The molecule has 162 valence electrons. The molecule has 32 heavy (non-hydrogen) atoms. The molecular weight excluding hydrogens is 472 g/mol. The van der Waals surface area contributed by atoms with Crippen molar-refractivity contribution in [2.75, 3.05) is 11.1 Å². The van der Waals surface area contributed by atoms with Gasteiger partial charge in [-0.25, -0.2) is 4.39 Å². The zero-order valence-corrected chi connectivity index (χ0v) is 19.0. The minimum Gasteiger partial charge on any atom is -0.324 e. The van der Waals surface area contributed by atoms with Crippen LogP contribution in [0.5, 0.6) is 0 Å². The summed E-state index contributed by atoms with van der Waals surface area (Å²) in [5.41, 5.74) is 2.82. The second kappa shape index (κ2) is 9.68. The van der Waals surface area contributed by atoms with Crippen LogP contribution in [0.4, 0.5) is 10.1 Å². The fourth-order valence-electron chi connectivity index (χ4n) is 3.01. The van der Waals surface area contributed by atoms with E-state index in [9.17, 15) is 9.18 Å². The number of hydrogen-bond donors (Lipinski definition) is 1. The summed E-state index contributed by atoms with van der Waals surface area (Å²) in [6, 6.07) is 13.0. The fourth-order valence-corrected chi connectivity index (χ4v) is 4.14. The Morgan fingerprint density at radius 1 is 1.09 bits per heavy atom. The number of carbonyl (C=O) groups is 1. The summed E-state index contributed by atoms with van der Waals surface area (Å²) in [7, 11) is 0. The molecule has 0 aliphatic carbocycles. The van der Waals surface area contributed by atoms with Crippen molar-refractivity contribution in [1.29, 1.82) is 0 Å². The van der Waals surface area contributed by atoms with E-state index < -0.39 is 5.82 Å². The van der Waals surface area contributed by atoms with Crippen LogP contribution >= 0.6 is 35.0 Å². The van der Waals surface area contributed by atoms with Crippen molar-refractivity contribution >= 4 is 46.6 Å². The molecule has 0 bridgehead atoms. The number of amides is 1. The topological polar surface area (TPSA) is 72.7 Å². The maximum atomic E-state index is 13.2. The SMILES string of the molecule is Cc1c(Cl)cccc1-n1c(SCC(=O)Nc2ccc(F)cc2Cl)nnc1-c1ccncc1. The smallest absolute Gasteiger partial charge is 0.234 e. The van der Waals surface area contributed by atoms with Crippen molar-refractivity contribution in [3.8, 4) is 17.1 Å². The van der Waals surface area contributed by atoms with E-state index in [1.165, 1.54) is 23.9 Å². The number of rotatable bonds is 6. The Balaban J connectivity index is 1.63. The minimum atomic E-state index is -0.476. The number of nitrogens with zero attached hydrogens (tertiary/aromatic N) is 4. The number of nitrogens with one attached hydrogen (secondary N) is 1. The molecule has 1 amide bonds. The average molecular weight is 488 g/mol. The standard InChI is InChI=1S/C22H16Cl2FN5OS/c1-13-16(23)3-2-4-19(13)30-21(14-7-9-26-10-8-14)28-29-22(30)32-12-20(31)27-18-6-5-15(25)11-17(18)24/h2-11H,12H2,1H3,(H,27,31). The van der Waals surface area contributed by atoms with Crippen LogP contribution in [0.25, 0.3) is 17.1 Å². The lowest BCUT2D eigenvalue weighted by Gasteiger charge is -2.14. The van der Waals surface area contributed by atoms with Crippen molar-refractivity contribution in [1.82, 2.24) is 19.7 Å². The lowest BCUT2D eigenvalue weighted by atomic mass is 10.2. The van der Waals surface area contributed by atoms with Gasteiger partial charge in [0.05, 0.1) is 22.2 Å². The van der Waals surface area contributed by atoms with Crippen molar-refractivity contribution in [3.05, 3.63) is 82.4 Å². The minimum absolute atomic E-state index is 0.0434. The Labute approximate surface area is 197 Å². The lowest BCUT2D eigenvalue weighted by molar-refractivity contribution is -0.113. The molecule has 0 saturated heterocycles. The number of halogens is 3. The van der Waals surface area contributed by atoms with Crippen molar-refractivity contribution < 1.29 is 9.18 Å². The highest BCUT2D eigenvalue weighted by atomic mass is 35.5. The van der Waals surface area contributed by atoms with Crippen LogP contribution in [0.3, 0.4) is 0 Å². The lowest BCUT2D eigenvalue weighted by Crippen LogP contribution is -2.15. The average Bonchev–Trinajstić information content (AvgIpc) is 3.20. The predicted octanol–water partition coefficient (Wildman–Crippen LogP) is 5.81. The van der Waals surface area contributed by atoms with Crippen LogP contribution < -0.4 is 5.32 Å². The number of thioether (sulfide) groups is 1. The maximum absolute atomic E-state index is 13.2. The van der Waals surface area contributed by atoms with E-state index in [-0.39, 0.29) is 16.7 Å². The van der Waals surface area contributed by atoms with Crippen LogP contribution in [0.2, 0.25) is 10.0 Å². The predicted molar refractivity (Wildman–Crippen MR) is 125 cm³/mol. The monoisotopic (exact) mass is 487 g/mol. The highest BCUT2D eigenvalue weighted by Crippen LogP contribution is 2.31. The Morgan fingerprint density at radius 2 is 1.88 bits per heavy atom. The summed E-state index contributed by atoms with van der Waals surface area (Å²) in [6.07, 6.45) is 3.35. The van der Waals surface area contributed by atoms with Crippen LogP contribution in [0.15, 0.2) is 66.1 Å². The molecule has 2 aromatic carbocycles. The molecule has 0 aliphatic heterocycles. The first-order valence-corrected chi connectivity index (χ1v) is 11.2. The third-order valence-electron chi connectivity index (χ3n) is 4.59. The van der Waals surface area contributed by atoms with E-state index >= 15 is 0 Å². The van der Waals surface area contributed by atoms with Gasteiger partial charge in [-0.1, -0.05) is 41.0 Å². The molecule has 10 heteroatoms. The zero-order valence-electron chi connectivity index (χ0n) is 16.7. The molecule has 4 aromatic rings. The third kappa shape index (κ3) is 4.77. The molecule has 2 aromatic heterocycles. The molecule has 1 N–H and O–H groups in total. The van der Waals surface area contributed by atoms with Gasteiger partial charge >= 0.3 is 0 Å². The summed E-state index contributed by atoms with van der Waals surface area (Å²) in [5.74, 6) is -0.147. The summed E-state index contributed by atoms with van der Waals surface area (Å²) in [4.78, 5) is 16.6. The van der Waals surface area contributed by atoms with Gasteiger partial charge in [-0.2, -0.15) is 0 Å². The molecule has 0 atom stereocenters. The van der Waals surface area contributed by atoms with Crippen LogP contribution in [0, 0.1) is 12.7 Å². The van der Waals surface area contributed by atoms with Crippen molar-refractivity contribution in [2.45, 2.75) is 12.1 Å². The number of pyridine rings is 1. The number of carbonyl (C=O) groups excluding carboxylic acids is 1.